The van der Waals surface area contributed by atoms with Gasteiger partial charge in [0.1, 0.15) is 5.75 Å². The standard InChI is InChI=1S/C15H18N2O2/c1-18-13-3-4-14-11(8-13)7-12(9-17-14)15-10-19-6-2-5-16-15/h3-4,7-9,15-16H,2,5-6,10H2,1H3. The summed E-state index contributed by atoms with van der Waals surface area (Å²) in [6, 6.07) is 8.32. The number of aromatic nitrogens is 1. The lowest BCUT2D eigenvalue weighted by Gasteiger charge is -2.15. The van der Waals surface area contributed by atoms with Crippen molar-refractivity contribution in [2.75, 3.05) is 26.9 Å². The molecule has 0 saturated carbocycles. The molecule has 1 aliphatic rings. The topological polar surface area (TPSA) is 43.4 Å². The van der Waals surface area contributed by atoms with Crippen LogP contribution in [0, 0.1) is 0 Å². The molecular weight excluding hydrogens is 240 g/mol. The van der Waals surface area contributed by atoms with Crippen molar-refractivity contribution in [2.24, 2.45) is 0 Å². The fourth-order valence-corrected chi connectivity index (χ4v) is 2.37. The molecule has 1 atom stereocenters. The molecule has 0 bridgehead atoms. The molecule has 19 heavy (non-hydrogen) atoms. The van der Waals surface area contributed by atoms with Gasteiger partial charge in [-0.2, -0.15) is 0 Å². The number of hydrogen-bond acceptors (Lipinski definition) is 4. The van der Waals surface area contributed by atoms with Gasteiger partial charge in [0.25, 0.3) is 0 Å². The SMILES string of the molecule is COc1ccc2ncc(C3COCCCN3)cc2c1. The molecule has 100 valence electrons. The molecule has 1 fully saturated rings. The monoisotopic (exact) mass is 258 g/mol. The summed E-state index contributed by atoms with van der Waals surface area (Å²) in [7, 11) is 1.68. The molecule has 2 heterocycles. The first kappa shape index (κ1) is 12.4. The largest absolute Gasteiger partial charge is 0.497 e. The van der Waals surface area contributed by atoms with Crippen molar-refractivity contribution in [3.8, 4) is 5.75 Å². The van der Waals surface area contributed by atoms with Gasteiger partial charge in [-0.05, 0) is 42.8 Å². The molecule has 0 amide bonds. The number of nitrogens with one attached hydrogen (secondary N) is 1. The van der Waals surface area contributed by atoms with Crippen LogP contribution in [0.15, 0.2) is 30.5 Å². The van der Waals surface area contributed by atoms with E-state index in [-0.39, 0.29) is 6.04 Å². The lowest BCUT2D eigenvalue weighted by atomic mass is 10.1. The van der Waals surface area contributed by atoms with E-state index in [1.54, 1.807) is 7.11 Å². The molecule has 0 spiro atoms. The molecule has 0 aliphatic carbocycles. The number of benzene rings is 1. The summed E-state index contributed by atoms with van der Waals surface area (Å²) in [5.74, 6) is 0.858. The number of fused-ring (bicyclic) bond motifs is 1. The van der Waals surface area contributed by atoms with E-state index < -0.39 is 0 Å². The predicted octanol–water partition coefficient (Wildman–Crippen LogP) is 2.29. The molecule has 1 N–H and O–H groups in total. The van der Waals surface area contributed by atoms with Gasteiger partial charge in [0, 0.05) is 18.2 Å². The average molecular weight is 258 g/mol. The van der Waals surface area contributed by atoms with Gasteiger partial charge in [-0.15, -0.1) is 0 Å². The van der Waals surface area contributed by atoms with Crippen LogP contribution in [0.25, 0.3) is 10.9 Å². The number of pyridine rings is 1. The van der Waals surface area contributed by atoms with E-state index in [9.17, 15) is 0 Å². The highest BCUT2D eigenvalue weighted by molar-refractivity contribution is 5.80. The number of ether oxygens (including phenoxy) is 2. The van der Waals surface area contributed by atoms with Gasteiger partial charge in [0.15, 0.2) is 0 Å². The van der Waals surface area contributed by atoms with Gasteiger partial charge in [0.05, 0.1) is 25.3 Å². The van der Waals surface area contributed by atoms with Crippen molar-refractivity contribution >= 4 is 10.9 Å². The van der Waals surface area contributed by atoms with Crippen LogP contribution >= 0.6 is 0 Å². The van der Waals surface area contributed by atoms with E-state index in [0.29, 0.717) is 6.61 Å². The molecule has 3 rings (SSSR count). The van der Waals surface area contributed by atoms with Crippen LogP contribution in [-0.2, 0) is 4.74 Å². The van der Waals surface area contributed by atoms with Crippen LogP contribution in [0.1, 0.15) is 18.0 Å². The van der Waals surface area contributed by atoms with Crippen molar-refractivity contribution in [3.63, 3.8) is 0 Å². The molecule has 2 aromatic rings. The third-order valence-electron chi connectivity index (χ3n) is 3.45. The lowest BCUT2D eigenvalue weighted by molar-refractivity contribution is 0.131. The third kappa shape index (κ3) is 2.69. The maximum absolute atomic E-state index is 5.60. The molecule has 1 saturated heterocycles. The zero-order valence-corrected chi connectivity index (χ0v) is 11.1. The second-order valence-electron chi connectivity index (χ2n) is 4.76. The number of methoxy groups -OCH3 is 1. The zero-order valence-electron chi connectivity index (χ0n) is 11.1. The van der Waals surface area contributed by atoms with Crippen molar-refractivity contribution in [1.82, 2.24) is 10.3 Å². The quantitative estimate of drug-likeness (QED) is 0.897. The first-order chi connectivity index (χ1) is 9.36. The molecule has 1 aromatic carbocycles. The predicted molar refractivity (Wildman–Crippen MR) is 74.5 cm³/mol. The average Bonchev–Trinajstić information content (AvgIpc) is 2.75. The maximum Gasteiger partial charge on any atom is 0.119 e. The van der Waals surface area contributed by atoms with E-state index in [0.717, 1.165) is 36.2 Å². The Bertz CT molecular complexity index is 563. The highest BCUT2D eigenvalue weighted by Gasteiger charge is 2.14. The fraction of sp³-hybridized carbons (Fsp3) is 0.400. The van der Waals surface area contributed by atoms with Crippen LogP contribution < -0.4 is 10.1 Å². The first-order valence-corrected chi connectivity index (χ1v) is 6.61. The minimum atomic E-state index is 0.227. The highest BCUT2D eigenvalue weighted by Crippen LogP contribution is 2.23. The Morgan fingerprint density at radius 3 is 3.21 bits per heavy atom. The van der Waals surface area contributed by atoms with Crippen molar-refractivity contribution < 1.29 is 9.47 Å². The third-order valence-corrected chi connectivity index (χ3v) is 3.45. The highest BCUT2D eigenvalue weighted by atomic mass is 16.5. The van der Waals surface area contributed by atoms with Gasteiger partial charge in [0.2, 0.25) is 0 Å². The van der Waals surface area contributed by atoms with Gasteiger partial charge in [-0.3, -0.25) is 4.98 Å². The van der Waals surface area contributed by atoms with Crippen LogP contribution in [0.4, 0.5) is 0 Å². The Kier molecular flexibility index (Phi) is 3.62. The summed E-state index contributed by atoms with van der Waals surface area (Å²) in [5.41, 5.74) is 2.15. The van der Waals surface area contributed by atoms with Crippen LogP contribution in [0.2, 0.25) is 0 Å². The molecule has 4 heteroatoms. The molecule has 0 radical (unpaired) electrons. The summed E-state index contributed by atoms with van der Waals surface area (Å²) in [5, 5.41) is 4.59. The Morgan fingerprint density at radius 2 is 2.32 bits per heavy atom. The summed E-state index contributed by atoms with van der Waals surface area (Å²) in [6.07, 6.45) is 2.99. The van der Waals surface area contributed by atoms with E-state index in [2.05, 4.69) is 16.4 Å². The molecule has 1 aliphatic heterocycles. The summed E-state index contributed by atoms with van der Waals surface area (Å²) in [6.45, 7) is 2.52. The summed E-state index contributed by atoms with van der Waals surface area (Å²) >= 11 is 0. The zero-order chi connectivity index (χ0) is 13.1. The Labute approximate surface area is 112 Å². The maximum atomic E-state index is 5.60. The van der Waals surface area contributed by atoms with Gasteiger partial charge >= 0.3 is 0 Å². The Morgan fingerprint density at radius 1 is 1.37 bits per heavy atom. The van der Waals surface area contributed by atoms with Gasteiger partial charge < -0.3 is 14.8 Å². The summed E-state index contributed by atoms with van der Waals surface area (Å²) in [4.78, 5) is 4.51. The molecule has 4 nitrogen and oxygen atoms in total. The smallest absolute Gasteiger partial charge is 0.119 e. The minimum absolute atomic E-state index is 0.227. The molecule has 1 unspecified atom stereocenters. The molecular formula is C15H18N2O2. The molecule has 1 aromatic heterocycles. The first-order valence-electron chi connectivity index (χ1n) is 6.61. The van der Waals surface area contributed by atoms with Gasteiger partial charge in [-0.25, -0.2) is 0 Å². The Balaban J connectivity index is 1.94. The van der Waals surface area contributed by atoms with Crippen molar-refractivity contribution in [1.29, 1.82) is 0 Å². The second-order valence-corrected chi connectivity index (χ2v) is 4.76. The van der Waals surface area contributed by atoms with Crippen molar-refractivity contribution in [2.45, 2.75) is 12.5 Å². The van der Waals surface area contributed by atoms with E-state index in [1.807, 2.05) is 24.4 Å². The van der Waals surface area contributed by atoms with Crippen LogP contribution in [0.3, 0.4) is 0 Å². The number of nitrogens with zero attached hydrogens (tertiary/aromatic N) is 1. The number of hydrogen-bond donors (Lipinski definition) is 1. The second kappa shape index (κ2) is 5.55. The Hall–Kier alpha value is -1.65. The van der Waals surface area contributed by atoms with E-state index >= 15 is 0 Å². The van der Waals surface area contributed by atoms with E-state index in [1.165, 1.54) is 5.56 Å². The van der Waals surface area contributed by atoms with Crippen LogP contribution in [-0.4, -0.2) is 31.9 Å². The normalized spacial score (nSPS) is 20.2. The van der Waals surface area contributed by atoms with Gasteiger partial charge in [-0.1, -0.05) is 0 Å². The fourth-order valence-electron chi connectivity index (χ4n) is 2.37. The van der Waals surface area contributed by atoms with Crippen molar-refractivity contribution in [3.05, 3.63) is 36.0 Å². The lowest BCUT2D eigenvalue weighted by Crippen LogP contribution is -2.23. The minimum Gasteiger partial charge on any atom is -0.497 e. The number of rotatable bonds is 2. The van der Waals surface area contributed by atoms with E-state index in [4.69, 9.17) is 9.47 Å². The van der Waals surface area contributed by atoms with Crippen LogP contribution in [0.5, 0.6) is 5.75 Å². The summed E-state index contributed by atoms with van der Waals surface area (Å²) < 4.78 is 10.9.